The summed E-state index contributed by atoms with van der Waals surface area (Å²) in [6.45, 7) is 0.668. The van der Waals surface area contributed by atoms with Crippen LogP contribution in [0.5, 0.6) is 5.88 Å². The maximum atomic E-state index is 9.94. The van der Waals surface area contributed by atoms with Crippen molar-refractivity contribution in [2.75, 3.05) is 13.2 Å². The summed E-state index contributed by atoms with van der Waals surface area (Å²) in [6, 6.07) is 24.6. The second-order valence-corrected chi connectivity index (χ2v) is 9.16. The average Bonchev–Trinajstić information content (AvgIpc) is 3.71. The topological polar surface area (TPSA) is 94.4 Å². The minimum absolute atomic E-state index is 0.254. The van der Waals surface area contributed by atoms with Crippen LogP contribution < -0.4 is 4.74 Å². The molecule has 0 spiro atoms. The maximum Gasteiger partial charge on any atom is 0.193 e. The van der Waals surface area contributed by atoms with Gasteiger partial charge in [0.2, 0.25) is 0 Å². The van der Waals surface area contributed by atoms with Gasteiger partial charge in [0, 0.05) is 24.0 Å². The normalized spacial score (nSPS) is 23.2. The van der Waals surface area contributed by atoms with Crippen molar-refractivity contribution < 1.29 is 19.3 Å². The third-order valence-electron chi connectivity index (χ3n) is 6.86. The number of nitrogens with zero attached hydrogens (tertiary/aromatic N) is 3. The van der Waals surface area contributed by atoms with Gasteiger partial charge in [-0.25, -0.2) is 9.67 Å². The second kappa shape index (κ2) is 8.60. The predicted octanol–water partition coefficient (Wildman–Crippen LogP) is 3.99. The number of nitrogens with one attached hydrogen (secondary N) is 1. The summed E-state index contributed by atoms with van der Waals surface area (Å²) in [5.41, 5.74) is 6.96. The number of H-pyrrole nitrogens is 1. The van der Waals surface area contributed by atoms with Crippen molar-refractivity contribution in [3.63, 3.8) is 0 Å². The number of aromatic amines is 1. The fourth-order valence-corrected chi connectivity index (χ4v) is 4.98. The molecule has 8 nitrogen and oxygen atoms in total. The minimum Gasteiger partial charge on any atom is -0.470 e. The number of benzene rings is 2. The molecule has 3 aromatic heterocycles. The van der Waals surface area contributed by atoms with E-state index in [4.69, 9.17) is 19.2 Å². The lowest BCUT2D eigenvalue weighted by atomic mass is 10.0. The lowest BCUT2D eigenvalue weighted by Crippen LogP contribution is -2.34. The molecule has 36 heavy (non-hydrogen) atoms. The summed E-state index contributed by atoms with van der Waals surface area (Å²) >= 11 is 0. The van der Waals surface area contributed by atoms with Crippen LogP contribution >= 0.6 is 0 Å². The Hall–Kier alpha value is -3.98. The Bertz CT molecular complexity index is 1500. The van der Waals surface area contributed by atoms with E-state index in [1.807, 2.05) is 35.1 Å². The number of pyridine rings is 1. The van der Waals surface area contributed by atoms with E-state index >= 15 is 0 Å². The van der Waals surface area contributed by atoms with Gasteiger partial charge in [-0.1, -0.05) is 36.4 Å². The lowest BCUT2D eigenvalue weighted by molar-refractivity contribution is 0.00794. The van der Waals surface area contributed by atoms with E-state index in [2.05, 4.69) is 58.6 Å². The van der Waals surface area contributed by atoms with Gasteiger partial charge in [0.05, 0.1) is 35.6 Å². The Morgan fingerprint density at radius 1 is 0.889 bits per heavy atom. The second-order valence-electron chi connectivity index (χ2n) is 9.16. The van der Waals surface area contributed by atoms with Crippen LogP contribution in [-0.2, 0) is 9.47 Å². The number of ether oxygens (including phenoxy) is 3. The molecule has 2 N–H and O–H groups in total. The average molecular weight is 481 g/mol. The number of fused-ring (bicyclic) bond motifs is 2. The van der Waals surface area contributed by atoms with Crippen LogP contribution in [0.4, 0.5) is 0 Å². The number of hydrogen-bond acceptors (Lipinski definition) is 6. The van der Waals surface area contributed by atoms with Gasteiger partial charge in [0.15, 0.2) is 12.0 Å². The van der Waals surface area contributed by atoms with Crippen LogP contribution in [0.15, 0.2) is 85.2 Å². The number of rotatable bonds is 5. The van der Waals surface area contributed by atoms with Crippen molar-refractivity contribution in [2.24, 2.45) is 0 Å². The molecule has 7 rings (SSSR count). The first kappa shape index (κ1) is 21.3. The molecule has 1 unspecified atom stereocenters. The highest BCUT2D eigenvalue weighted by atomic mass is 16.6. The molecule has 0 radical (unpaired) electrons. The van der Waals surface area contributed by atoms with Crippen LogP contribution in [0.2, 0.25) is 0 Å². The van der Waals surface area contributed by atoms with Gasteiger partial charge in [-0.3, -0.25) is 0 Å². The predicted molar refractivity (Wildman–Crippen MR) is 134 cm³/mol. The van der Waals surface area contributed by atoms with E-state index in [0.29, 0.717) is 12.5 Å². The van der Waals surface area contributed by atoms with Gasteiger partial charge >= 0.3 is 0 Å². The largest absolute Gasteiger partial charge is 0.470 e. The van der Waals surface area contributed by atoms with Gasteiger partial charge in [0.25, 0.3) is 0 Å². The Morgan fingerprint density at radius 2 is 1.64 bits per heavy atom. The molecule has 2 saturated heterocycles. The molecule has 5 aromatic rings. The van der Waals surface area contributed by atoms with Crippen molar-refractivity contribution in [3.8, 4) is 34.0 Å². The van der Waals surface area contributed by atoms with Crippen molar-refractivity contribution >= 4 is 11.0 Å². The lowest BCUT2D eigenvalue weighted by Gasteiger charge is -2.16. The van der Waals surface area contributed by atoms with E-state index < -0.39 is 6.10 Å². The molecule has 5 heterocycles. The molecule has 2 aromatic carbocycles. The highest BCUT2D eigenvalue weighted by Crippen LogP contribution is 2.31. The van der Waals surface area contributed by atoms with Crippen LogP contribution in [0, 0.1) is 0 Å². The summed E-state index contributed by atoms with van der Waals surface area (Å²) in [5.74, 6) is 0.614. The van der Waals surface area contributed by atoms with E-state index in [0.717, 1.165) is 39.1 Å². The summed E-state index contributed by atoms with van der Waals surface area (Å²) < 4.78 is 19.3. The number of aliphatic hydroxyl groups is 1. The molecule has 4 atom stereocenters. The third kappa shape index (κ3) is 3.76. The molecule has 0 aliphatic carbocycles. The molecule has 0 bridgehead atoms. The van der Waals surface area contributed by atoms with Crippen molar-refractivity contribution in [2.45, 2.75) is 24.4 Å². The van der Waals surface area contributed by atoms with E-state index in [-0.39, 0.29) is 24.9 Å². The Labute approximate surface area is 207 Å². The summed E-state index contributed by atoms with van der Waals surface area (Å²) in [4.78, 5) is 8.11. The Morgan fingerprint density at radius 3 is 2.42 bits per heavy atom. The van der Waals surface area contributed by atoms with Crippen molar-refractivity contribution in [1.82, 2.24) is 19.7 Å². The summed E-state index contributed by atoms with van der Waals surface area (Å²) in [7, 11) is 0. The van der Waals surface area contributed by atoms with E-state index in [1.54, 1.807) is 6.20 Å². The third-order valence-corrected chi connectivity index (χ3v) is 6.86. The van der Waals surface area contributed by atoms with Gasteiger partial charge in [0.1, 0.15) is 18.3 Å². The van der Waals surface area contributed by atoms with Gasteiger partial charge in [-0.15, -0.1) is 0 Å². The van der Waals surface area contributed by atoms with E-state index in [1.165, 1.54) is 0 Å². The zero-order chi connectivity index (χ0) is 24.1. The monoisotopic (exact) mass is 480 g/mol. The van der Waals surface area contributed by atoms with Crippen LogP contribution in [0.3, 0.4) is 0 Å². The summed E-state index contributed by atoms with van der Waals surface area (Å²) in [6.07, 6.45) is 2.27. The molecule has 2 aliphatic rings. The first-order valence-corrected chi connectivity index (χ1v) is 12.0. The highest BCUT2D eigenvalue weighted by Gasteiger charge is 2.48. The van der Waals surface area contributed by atoms with Crippen LogP contribution in [0.25, 0.3) is 39.1 Å². The van der Waals surface area contributed by atoms with Crippen molar-refractivity contribution in [1.29, 1.82) is 0 Å². The first-order chi connectivity index (χ1) is 17.7. The quantitative estimate of drug-likeness (QED) is 0.395. The molecule has 180 valence electrons. The number of aromatic nitrogens is 4. The zero-order valence-electron chi connectivity index (χ0n) is 19.3. The highest BCUT2D eigenvalue weighted by molar-refractivity contribution is 5.81. The Kier molecular flexibility index (Phi) is 5.09. The smallest absolute Gasteiger partial charge is 0.193 e. The molecular formula is C28H24N4O4. The molecular weight excluding hydrogens is 456 g/mol. The van der Waals surface area contributed by atoms with Gasteiger partial charge in [-0.2, -0.15) is 5.10 Å². The van der Waals surface area contributed by atoms with Gasteiger partial charge in [-0.05, 0) is 41.5 Å². The fraction of sp³-hybridized carbons (Fsp3) is 0.214. The summed E-state index contributed by atoms with van der Waals surface area (Å²) in [5, 5.41) is 14.2. The first-order valence-electron chi connectivity index (χ1n) is 12.0. The number of hydrogen-bond donors (Lipinski definition) is 2. The molecule has 8 heteroatoms. The fourth-order valence-electron chi connectivity index (χ4n) is 4.98. The molecule has 2 aliphatic heterocycles. The zero-order valence-corrected chi connectivity index (χ0v) is 19.3. The molecule has 0 amide bonds. The molecule has 2 fully saturated rings. The SMILES string of the molecule is O[C@@H]1CO[C@H]2C1OC[C@H]2Oc1cc2nc(-c3ccc(-c4ccc(-n5cccn5)cc4)cc3)ccc2[nH]1. The van der Waals surface area contributed by atoms with Gasteiger partial charge < -0.3 is 24.3 Å². The van der Waals surface area contributed by atoms with Crippen LogP contribution in [0.1, 0.15) is 0 Å². The van der Waals surface area contributed by atoms with Crippen LogP contribution in [-0.4, -0.2) is 62.5 Å². The van der Waals surface area contributed by atoms with Crippen molar-refractivity contribution in [3.05, 3.63) is 85.2 Å². The van der Waals surface area contributed by atoms with E-state index in [9.17, 15) is 5.11 Å². The molecule has 0 saturated carbocycles. The maximum absolute atomic E-state index is 9.94. The minimum atomic E-state index is -0.594. The standard InChI is InChI=1S/C28H24N4O4/c33-24-15-34-28-25(16-35-27(24)28)36-26-14-23-22(31-26)11-10-21(30-23)19-4-2-17(3-5-19)18-6-8-20(9-7-18)32-13-1-12-29-32/h1-14,24-25,27-28,31,33H,15-16H2/t24-,25-,27?,28-/m1/s1. The number of aliphatic hydroxyl groups excluding tert-OH is 1. The Balaban J connectivity index is 1.08.